The van der Waals surface area contributed by atoms with Crippen molar-refractivity contribution < 1.29 is 19.4 Å². The minimum absolute atomic E-state index is 0.0391. The third-order valence-electron chi connectivity index (χ3n) is 5.70. The fourth-order valence-electron chi connectivity index (χ4n) is 3.86. The molecule has 1 aliphatic rings. The number of carboxylic acids is 1. The summed E-state index contributed by atoms with van der Waals surface area (Å²) in [4.78, 5) is 26.8. The summed E-state index contributed by atoms with van der Waals surface area (Å²) in [6, 6.07) is 16.8. The van der Waals surface area contributed by atoms with Crippen molar-refractivity contribution in [3.05, 3.63) is 65.7 Å². The topological polar surface area (TPSA) is 66.8 Å². The Bertz CT molecular complexity index is 856. The van der Waals surface area contributed by atoms with Crippen LogP contribution in [0.2, 0.25) is 0 Å². The number of ether oxygens (including phenoxy) is 1. The average Bonchev–Trinajstić information content (AvgIpc) is 3.24. The van der Waals surface area contributed by atoms with Crippen LogP contribution in [0.5, 0.6) is 5.75 Å². The van der Waals surface area contributed by atoms with Crippen LogP contribution in [0.1, 0.15) is 56.0 Å². The molecule has 3 unspecified atom stereocenters. The fraction of sp³-hybridized carbons (Fsp3) is 0.440. The molecule has 0 aromatic heterocycles. The average molecular weight is 442 g/mol. The molecule has 31 heavy (non-hydrogen) atoms. The molecule has 1 aliphatic heterocycles. The van der Waals surface area contributed by atoms with Crippen molar-refractivity contribution in [3.8, 4) is 5.75 Å². The van der Waals surface area contributed by atoms with Crippen molar-refractivity contribution in [2.24, 2.45) is 5.92 Å². The Morgan fingerprint density at radius 2 is 1.84 bits per heavy atom. The van der Waals surface area contributed by atoms with Gasteiger partial charge in [0.15, 0.2) is 0 Å². The molecule has 1 N–H and O–H groups in total. The molecular weight excluding hydrogens is 410 g/mol. The second-order valence-electron chi connectivity index (χ2n) is 7.88. The van der Waals surface area contributed by atoms with Gasteiger partial charge in [0.25, 0.3) is 0 Å². The number of hydrogen-bond donors (Lipinski definition) is 1. The number of carbonyl (C=O) groups excluding carboxylic acids is 1. The van der Waals surface area contributed by atoms with Gasteiger partial charge in [0.05, 0.1) is 0 Å². The van der Waals surface area contributed by atoms with E-state index in [2.05, 4.69) is 6.92 Å². The zero-order valence-corrected chi connectivity index (χ0v) is 19.0. The van der Waals surface area contributed by atoms with Gasteiger partial charge in [-0.15, -0.1) is 11.8 Å². The molecule has 0 spiro atoms. The molecule has 0 radical (unpaired) electrons. The van der Waals surface area contributed by atoms with Crippen LogP contribution in [0.3, 0.4) is 0 Å². The SMILES string of the molecule is CCCCC(CC)C(=O)N1C(C(=O)O)CSC1c1ccc(OCc2ccccc2)cc1. The van der Waals surface area contributed by atoms with Crippen molar-refractivity contribution >= 4 is 23.6 Å². The van der Waals surface area contributed by atoms with E-state index in [4.69, 9.17) is 4.74 Å². The summed E-state index contributed by atoms with van der Waals surface area (Å²) in [7, 11) is 0. The number of nitrogens with zero attached hydrogens (tertiary/aromatic N) is 1. The van der Waals surface area contributed by atoms with Crippen molar-refractivity contribution in [2.45, 2.75) is 57.6 Å². The molecule has 166 valence electrons. The van der Waals surface area contributed by atoms with Gasteiger partial charge in [-0.25, -0.2) is 4.79 Å². The molecule has 3 atom stereocenters. The van der Waals surface area contributed by atoms with E-state index in [1.165, 1.54) is 11.8 Å². The van der Waals surface area contributed by atoms with Crippen LogP contribution in [0.4, 0.5) is 0 Å². The van der Waals surface area contributed by atoms with E-state index < -0.39 is 12.0 Å². The highest BCUT2D eigenvalue weighted by atomic mass is 32.2. The first-order chi connectivity index (χ1) is 15.0. The van der Waals surface area contributed by atoms with Crippen LogP contribution in [-0.4, -0.2) is 33.7 Å². The smallest absolute Gasteiger partial charge is 0.327 e. The first-order valence-corrected chi connectivity index (χ1v) is 12.0. The van der Waals surface area contributed by atoms with Gasteiger partial charge in [0.1, 0.15) is 23.8 Å². The molecule has 1 amide bonds. The zero-order chi connectivity index (χ0) is 22.2. The van der Waals surface area contributed by atoms with Crippen molar-refractivity contribution in [1.82, 2.24) is 4.90 Å². The van der Waals surface area contributed by atoms with Gasteiger partial charge in [0, 0.05) is 11.7 Å². The maximum Gasteiger partial charge on any atom is 0.327 e. The monoisotopic (exact) mass is 441 g/mol. The van der Waals surface area contributed by atoms with Crippen LogP contribution in [0.15, 0.2) is 54.6 Å². The normalized spacial score (nSPS) is 19.2. The highest BCUT2D eigenvalue weighted by Crippen LogP contribution is 2.43. The number of rotatable bonds is 10. The lowest BCUT2D eigenvalue weighted by Gasteiger charge is -2.31. The lowest BCUT2D eigenvalue weighted by molar-refractivity contribution is -0.151. The van der Waals surface area contributed by atoms with Gasteiger partial charge < -0.3 is 14.7 Å². The zero-order valence-electron chi connectivity index (χ0n) is 18.2. The molecule has 6 heteroatoms. The first-order valence-electron chi connectivity index (χ1n) is 11.0. The van der Waals surface area contributed by atoms with Crippen LogP contribution in [0, 0.1) is 5.92 Å². The summed E-state index contributed by atoms with van der Waals surface area (Å²) in [5.41, 5.74) is 2.02. The maximum absolute atomic E-state index is 13.3. The standard InChI is InChI=1S/C25H31NO4S/c1-3-5-11-19(4-2)23(27)26-22(25(28)29)17-31-24(26)20-12-14-21(15-13-20)30-16-18-9-7-6-8-10-18/h6-10,12-15,19,22,24H,3-5,11,16-17H2,1-2H3,(H,28,29). The van der Waals surface area contributed by atoms with Gasteiger partial charge in [-0.2, -0.15) is 0 Å². The quantitative estimate of drug-likeness (QED) is 0.527. The Hall–Kier alpha value is -2.47. The highest BCUT2D eigenvalue weighted by Gasteiger charge is 2.43. The van der Waals surface area contributed by atoms with Crippen LogP contribution >= 0.6 is 11.8 Å². The van der Waals surface area contributed by atoms with E-state index >= 15 is 0 Å². The molecule has 0 aliphatic carbocycles. The lowest BCUT2D eigenvalue weighted by atomic mass is 9.96. The van der Waals surface area contributed by atoms with E-state index in [0.717, 1.165) is 42.6 Å². The number of carboxylic acid groups (broad SMARTS) is 1. The fourth-order valence-corrected chi connectivity index (χ4v) is 5.28. The highest BCUT2D eigenvalue weighted by molar-refractivity contribution is 7.99. The summed E-state index contributed by atoms with van der Waals surface area (Å²) >= 11 is 1.52. The van der Waals surface area contributed by atoms with E-state index in [0.29, 0.717) is 12.4 Å². The number of carbonyl (C=O) groups is 2. The summed E-state index contributed by atoms with van der Waals surface area (Å²) in [6.45, 7) is 4.60. The number of unbranched alkanes of at least 4 members (excludes halogenated alkanes) is 1. The Morgan fingerprint density at radius 3 is 2.45 bits per heavy atom. The number of thioether (sulfide) groups is 1. The Labute approximate surface area is 188 Å². The Morgan fingerprint density at radius 1 is 1.13 bits per heavy atom. The van der Waals surface area contributed by atoms with Gasteiger partial charge in [0.2, 0.25) is 5.91 Å². The molecule has 0 bridgehead atoms. The lowest BCUT2D eigenvalue weighted by Crippen LogP contribution is -2.45. The molecule has 2 aromatic rings. The van der Waals surface area contributed by atoms with E-state index in [9.17, 15) is 14.7 Å². The van der Waals surface area contributed by atoms with Gasteiger partial charge >= 0.3 is 5.97 Å². The van der Waals surface area contributed by atoms with Gasteiger partial charge in [-0.3, -0.25) is 4.79 Å². The molecule has 3 rings (SSSR count). The third-order valence-corrected chi connectivity index (χ3v) is 7.02. The van der Waals surface area contributed by atoms with Crippen LogP contribution in [0.25, 0.3) is 0 Å². The molecule has 2 aromatic carbocycles. The predicted octanol–water partition coefficient (Wildman–Crippen LogP) is 5.51. The predicted molar refractivity (Wildman–Crippen MR) is 124 cm³/mol. The molecular formula is C25H31NO4S. The number of aliphatic carboxylic acids is 1. The van der Waals surface area contributed by atoms with E-state index in [1.807, 2.05) is 61.5 Å². The van der Waals surface area contributed by atoms with Gasteiger partial charge in [-0.05, 0) is 36.1 Å². The van der Waals surface area contributed by atoms with Crippen LogP contribution < -0.4 is 4.74 Å². The van der Waals surface area contributed by atoms with Crippen LogP contribution in [-0.2, 0) is 16.2 Å². The van der Waals surface area contributed by atoms with E-state index in [1.54, 1.807) is 4.90 Å². The summed E-state index contributed by atoms with van der Waals surface area (Å²) in [6.07, 6.45) is 3.53. The largest absolute Gasteiger partial charge is 0.489 e. The van der Waals surface area contributed by atoms with Gasteiger partial charge in [-0.1, -0.05) is 69.2 Å². The number of amides is 1. The molecule has 1 fully saturated rings. The number of hydrogen-bond acceptors (Lipinski definition) is 4. The van der Waals surface area contributed by atoms with Crippen molar-refractivity contribution in [1.29, 1.82) is 0 Å². The molecule has 0 saturated carbocycles. The Kier molecular flexibility index (Phi) is 8.41. The minimum atomic E-state index is -0.934. The van der Waals surface area contributed by atoms with E-state index in [-0.39, 0.29) is 17.2 Å². The summed E-state index contributed by atoms with van der Waals surface area (Å²) in [5.74, 6) is 0.0516. The molecule has 5 nitrogen and oxygen atoms in total. The summed E-state index contributed by atoms with van der Waals surface area (Å²) < 4.78 is 5.86. The Balaban J connectivity index is 1.74. The third kappa shape index (κ3) is 5.82. The molecule has 1 heterocycles. The first kappa shape index (κ1) is 23.2. The van der Waals surface area contributed by atoms with Crippen molar-refractivity contribution in [2.75, 3.05) is 5.75 Å². The maximum atomic E-state index is 13.3. The van der Waals surface area contributed by atoms with Crippen molar-refractivity contribution in [3.63, 3.8) is 0 Å². The summed E-state index contributed by atoms with van der Waals surface area (Å²) in [5, 5.41) is 9.44. The second-order valence-corrected chi connectivity index (χ2v) is 8.99. The molecule has 1 saturated heterocycles. The minimum Gasteiger partial charge on any atom is -0.489 e. The number of benzene rings is 2. The second kappa shape index (κ2) is 11.2.